The number of imidazole rings is 1. The molecule has 0 saturated heterocycles. The lowest BCUT2D eigenvalue weighted by atomic mass is 10.1. The number of nitrogens with zero attached hydrogens (tertiary/aromatic N) is 4. The zero-order chi connectivity index (χ0) is 19.7. The molecule has 6 heteroatoms. The van der Waals surface area contributed by atoms with Crippen LogP contribution in [0.15, 0.2) is 48.5 Å². The molecular formula is C22H18ClN5. The number of halogens is 1. The van der Waals surface area contributed by atoms with Crippen LogP contribution in [0.5, 0.6) is 0 Å². The van der Waals surface area contributed by atoms with Crippen molar-refractivity contribution in [2.75, 3.05) is 0 Å². The number of fused-ring (bicyclic) bond motifs is 1. The maximum Gasteiger partial charge on any atom is 0.149 e. The van der Waals surface area contributed by atoms with Gasteiger partial charge in [0.1, 0.15) is 11.9 Å². The summed E-state index contributed by atoms with van der Waals surface area (Å²) in [6.07, 6.45) is 1.85. The van der Waals surface area contributed by atoms with Crippen molar-refractivity contribution in [3.8, 4) is 6.07 Å². The molecule has 2 aromatic carbocycles. The fourth-order valence-corrected chi connectivity index (χ4v) is 3.44. The number of aromatic amines is 1. The molecule has 1 N–H and O–H groups in total. The molecule has 138 valence electrons. The molecule has 0 spiro atoms. The van der Waals surface area contributed by atoms with Gasteiger partial charge in [-0.05, 0) is 43.7 Å². The molecule has 2 aromatic heterocycles. The van der Waals surface area contributed by atoms with E-state index < -0.39 is 0 Å². The zero-order valence-electron chi connectivity index (χ0n) is 15.6. The van der Waals surface area contributed by atoms with Crippen LogP contribution < -0.4 is 0 Å². The first-order valence-corrected chi connectivity index (χ1v) is 9.29. The van der Waals surface area contributed by atoms with Crippen molar-refractivity contribution < 1.29 is 0 Å². The van der Waals surface area contributed by atoms with Gasteiger partial charge in [0.15, 0.2) is 0 Å². The van der Waals surface area contributed by atoms with Gasteiger partial charge in [-0.1, -0.05) is 41.9 Å². The van der Waals surface area contributed by atoms with Gasteiger partial charge in [0, 0.05) is 16.3 Å². The van der Waals surface area contributed by atoms with Crippen LogP contribution in [-0.4, -0.2) is 19.7 Å². The molecular weight excluding hydrogens is 370 g/mol. The van der Waals surface area contributed by atoms with Gasteiger partial charge >= 0.3 is 0 Å². The Morgan fingerprint density at radius 3 is 2.68 bits per heavy atom. The summed E-state index contributed by atoms with van der Waals surface area (Å²) in [5.41, 5.74) is 5.96. The van der Waals surface area contributed by atoms with Gasteiger partial charge in [0.25, 0.3) is 0 Å². The zero-order valence-corrected chi connectivity index (χ0v) is 16.3. The van der Waals surface area contributed by atoms with Crippen molar-refractivity contribution in [2.45, 2.75) is 20.4 Å². The van der Waals surface area contributed by atoms with Gasteiger partial charge < -0.3 is 4.98 Å². The minimum atomic E-state index is 0.472. The standard InChI is InChI=1S/C22H18ClN5/c1-14-18(15(2)28(27-14)13-16-7-3-4-8-19(16)23)11-17(12-24)22-25-20-9-5-6-10-21(20)26-22/h3-11H,13H2,1-2H3,(H,25,26). The summed E-state index contributed by atoms with van der Waals surface area (Å²) in [5, 5.41) is 15.1. The summed E-state index contributed by atoms with van der Waals surface area (Å²) in [6, 6.07) is 17.7. The number of benzene rings is 2. The molecule has 5 nitrogen and oxygen atoms in total. The number of para-hydroxylation sites is 2. The third kappa shape index (κ3) is 3.30. The van der Waals surface area contributed by atoms with Gasteiger partial charge in [-0.3, -0.25) is 4.68 Å². The second-order valence-corrected chi connectivity index (χ2v) is 7.01. The highest BCUT2D eigenvalue weighted by Gasteiger charge is 2.14. The summed E-state index contributed by atoms with van der Waals surface area (Å²) in [4.78, 5) is 7.75. The van der Waals surface area contributed by atoms with Gasteiger partial charge in [0.05, 0.1) is 28.8 Å². The van der Waals surface area contributed by atoms with Crippen LogP contribution in [0.1, 0.15) is 28.3 Å². The Hall–Kier alpha value is -3.36. The van der Waals surface area contributed by atoms with Crippen molar-refractivity contribution in [1.82, 2.24) is 19.7 Å². The fraction of sp³-hybridized carbons (Fsp3) is 0.136. The van der Waals surface area contributed by atoms with E-state index in [1.807, 2.05) is 73.1 Å². The van der Waals surface area contributed by atoms with E-state index >= 15 is 0 Å². The van der Waals surface area contributed by atoms with Gasteiger partial charge in [-0.2, -0.15) is 10.4 Å². The number of nitriles is 1. The Balaban J connectivity index is 1.73. The highest BCUT2D eigenvalue weighted by Crippen LogP contribution is 2.24. The van der Waals surface area contributed by atoms with E-state index in [0.717, 1.165) is 33.5 Å². The predicted molar refractivity (Wildman–Crippen MR) is 112 cm³/mol. The SMILES string of the molecule is Cc1nn(Cc2ccccc2Cl)c(C)c1C=C(C#N)c1nc2ccccc2[nH]1. The molecule has 0 atom stereocenters. The number of H-pyrrole nitrogens is 1. The van der Waals surface area contributed by atoms with Crippen molar-refractivity contribution in [1.29, 1.82) is 5.26 Å². The van der Waals surface area contributed by atoms with Crippen molar-refractivity contribution >= 4 is 34.3 Å². The van der Waals surface area contributed by atoms with Crippen LogP contribution in [0.3, 0.4) is 0 Å². The average Bonchev–Trinajstić information content (AvgIpc) is 3.23. The first-order chi connectivity index (χ1) is 13.6. The summed E-state index contributed by atoms with van der Waals surface area (Å²) in [5.74, 6) is 0.557. The Kier molecular flexibility index (Phi) is 4.72. The Labute approximate surface area is 167 Å². The number of hydrogen-bond acceptors (Lipinski definition) is 3. The normalized spacial score (nSPS) is 11.7. The number of nitrogens with one attached hydrogen (secondary N) is 1. The maximum absolute atomic E-state index is 9.70. The molecule has 0 unspecified atom stereocenters. The first kappa shape index (κ1) is 18.0. The molecule has 2 heterocycles. The van der Waals surface area contributed by atoms with Crippen LogP contribution in [-0.2, 0) is 6.54 Å². The van der Waals surface area contributed by atoms with Crippen molar-refractivity contribution in [2.24, 2.45) is 0 Å². The first-order valence-electron chi connectivity index (χ1n) is 8.91. The second kappa shape index (κ2) is 7.34. The van der Waals surface area contributed by atoms with Gasteiger partial charge in [0.2, 0.25) is 0 Å². The lowest BCUT2D eigenvalue weighted by Crippen LogP contribution is -2.04. The maximum atomic E-state index is 9.70. The lowest BCUT2D eigenvalue weighted by molar-refractivity contribution is 0.659. The van der Waals surface area contributed by atoms with Crippen LogP contribution in [0, 0.1) is 25.2 Å². The van der Waals surface area contributed by atoms with Crippen LogP contribution in [0.2, 0.25) is 5.02 Å². The second-order valence-electron chi connectivity index (χ2n) is 6.61. The number of allylic oxidation sites excluding steroid dienone is 1. The molecule has 28 heavy (non-hydrogen) atoms. The Morgan fingerprint density at radius 2 is 1.93 bits per heavy atom. The van der Waals surface area contributed by atoms with Gasteiger partial charge in [-0.25, -0.2) is 4.98 Å². The topological polar surface area (TPSA) is 70.3 Å². The molecule has 0 aliphatic carbocycles. The lowest BCUT2D eigenvalue weighted by Gasteiger charge is -2.06. The number of hydrogen-bond donors (Lipinski definition) is 1. The summed E-state index contributed by atoms with van der Waals surface area (Å²) >= 11 is 6.29. The van der Waals surface area contributed by atoms with Crippen molar-refractivity contribution in [3.63, 3.8) is 0 Å². The molecule has 4 aromatic rings. The van der Waals surface area contributed by atoms with E-state index in [0.29, 0.717) is 23.0 Å². The van der Waals surface area contributed by atoms with E-state index in [1.165, 1.54) is 0 Å². The highest BCUT2D eigenvalue weighted by atomic mass is 35.5. The predicted octanol–water partition coefficient (Wildman–Crippen LogP) is 5.14. The van der Waals surface area contributed by atoms with E-state index in [4.69, 9.17) is 11.6 Å². The third-order valence-corrected chi connectivity index (χ3v) is 5.14. The quantitative estimate of drug-likeness (QED) is 0.493. The molecule has 0 fully saturated rings. The number of rotatable bonds is 4. The molecule has 0 radical (unpaired) electrons. The van der Waals surface area contributed by atoms with E-state index in [-0.39, 0.29) is 0 Å². The monoisotopic (exact) mass is 387 g/mol. The largest absolute Gasteiger partial charge is 0.337 e. The molecule has 0 amide bonds. The molecule has 0 bridgehead atoms. The molecule has 4 rings (SSSR count). The van der Waals surface area contributed by atoms with Crippen LogP contribution in [0.4, 0.5) is 0 Å². The van der Waals surface area contributed by atoms with E-state index in [2.05, 4.69) is 21.1 Å². The van der Waals surface area contributed by atoms with Gasteiger partial charge in [-0.15, -0.1) is 0 Å². The minimum absolute atomic E-state index is 0.472. The number of aromatic nitrogens is 4. The highest BCUT2D eigenvalue weighted by molar-refractivity contribution is 6.31. The minimum Gasteiger partial charge on any atom is -0.337 e. The van der Waals surface area contributed by atoms with Crippen LogP contribution >= 0.6 is 11.6 Å². The third-order valence-electron chi connectivity index (χ3n) is 4.77. The van der Waals surface area contributed by atoms with E-state index in [1.54, 1.807) is 0 Å². The summed E-state index contributed by atoms with van der Waals surface area (Å²) in [6.45, 7) is 4.51. The van der Waals surface area contributed by atoms with E-state index in [9.17, 15) is 5.26 Å². The fourth-order valence-electron chi connectivity index (χ4n) is 3.24. The average molecular weight is 388 g/mol. The summed E-state index contributed by atoms with van der Waals surface area (Å²) < 4.78 is 1.91. The van der Waals surface area contributed by atoms with Crippen molar-refractivity contribution in [3.05, 3.63) is 81.9 Å². The van der Waals surface area contributed by atoms with Crippen LogP contribution in [0.25, 0.3) is 22.7 Å². The smallest absolute Gasteiger partial charge is 0.149 e. The Morgan fingerprint density at radius 1 is 1.18 bits per heavy atom. The summed E-state index contributed by atoms with van der Waals surface area (Å²) in [7, 11) is 0. The Bertz CT molecular complexity index is 1210. The molecule has 0 aliphatic rings. The number of aryl methyl sites for hydroxylation is 1. The molecule has 0 saturated carbocycles. The molecule has 0 aliphatic heterocycles.